The van der Waals surface area contributed by atoms with Crippen molar-refractivity contribution in [1.82, 2.24) is 19.4 Å². The molecule has 1 aliphatic rings. The quantitative estimate of drug-likeness (QED) is 0.798. The largest absolute Gasteiger partial charge is 0.344 e. The van der Waals surface area contributed by atoms with E-state index in [9.17, 15) is 4.79 Å². The fraction of sp³-hybridized carbons (Fsp3) is 0.500. The second kappa shape index (κ2) is 5.05. The number of carbonyl (C=O) groups is 1. The van der Waals surface area contributed by atoms with E-state index in [1.807, 2.05) is 26.2 Å². The molecule has 0 aliphatic carbocycles. The third kappa shape index (κ3) is 2.16. The number of fused-ring (bicyclic) bond motifs is 1. The molecule has 0 saturated carbocycles. The minimum atomic E-state index is 0.196. The Kier molecular flexibility index (Phi) is 3.38. The van der Waals surface area contributed by atoms with E-state index in [4.69, 9.17) is 11.6 Å². The number of aromatic nitrogens is 3. The highest BCUT2D eigenvalue weighted by Crippen LogP contribution is 2.28. The maximum Gasteiger partial charge on any atom is 0.222 e. The van der Waals surface area contributed by atoms with Gasteiger partial charge in [-0.15, -0.1) is 11.6 Å². The molecule has 0 aromatic carbocycles. The Hall–Kier alpha value is -1.62. The zero-order chi connectivity index (χ0) is 14.3. The van der Waals surface area contributed by atoms with Gasteiger partial charge >= 0.3 is 0 Å². The van der Waals surface area contributed by atoms with E-state index in [-0.39, 0.29) is 11.9 Å². The van der Waals surface area contributed by atoms with Gasteiger partial charge in [-0.1, -0.05) is 0 Å². The van der Waals surface area contributed by atoms with E-state index >= 15 is 0 Å². The number of rotatable bonds is 2. The Morgan fingerprint density at radius 3 is 3.00 bits per heavy atom. The fourth-order valence-corrected chi connectivity index (χ4v) is 3.00. The first kappa shape index (κ1) is 13.4. The molecule has 1 aliphatic heterocycles. The SMILES string of the molecule is Cc1cnc2c(c1)nc(CCl)n2C1CCC(=O)N(C)C1. The lowest BCUT2D eigenvalue weighted by molar-refractivity contribution is -0.132. The highest BCUT2D eigenvalue weighted by atomic mass is 35.5. The van der Waals surface area contributed by atoms with Crippen molar-refractivity contribution in [3.05, 3.63) is 23.7 Å². The lowest BCUT2D eigenvalue weighted by atomic mass is 10.1. The molecule has 2 aromatic heterocycles. The van der Waals surface area contributed by atoms with Gasteiger partial charge in [-0.3, -0.25) is 4.79 Å². The van der Waals surface area contributed by atoms with E-state index in [0.717, 1.165) is 29.0 Å². The summed E-state index contributed by atoms with van der Waals surface area (Å²) >= 11 is 6.04. The summed E-state index contributed by atoms with van der Waals surface area (Å²) in [4.78, 5) is 22.5. The molecule has 2 aromatic rings. The molecule has 1 unspecified atom stereocenters. The number of amides is 1. The van der Waals surface area contributed by atoms with Crippen LogP contribution in [-0.2, 0) is 10.7 Å². The molecule has 1 fully saturated rings. The highest BCUT2D eigenvalue weighted by Gasteiger charge is 2.27. The molecule has 0 radical (unpaired) electrons. The van der Waals surface area contributed by atoms with Crippen molar-refractivity contribution in [3.8, 4) is 0 Å². The number of likely N-dealkylation sites (tertiary alicyclic amines) is 1. The summed E-state index contributed by atoms with van der Waals surface area (Å²) < 4.78 is 2.10. The molecule has 0 bridgehead atoms. The topological polar surface area (TPSA) is 51.0 Å². The molecule has 1 amide bonds. The Balaban J connectivity index is 2.07. The summed E-state index contributed by atoms with van der Waals surface area (Å²) in [5, 5.41) is 0. The number of aryl methyl sites for hydroxylation is 1. The standard InChI is InChI=1S/C14H17ClN4O/c1-9-5-11-14(16-7-9)19(12(6-15)17-11)10-3-4-13(20)18(2)8-10/h5,7,10H,3-4,6,8H2,1-2H3. The van der Waals surface area contributed by atoms with Gasteiger partial charge in [-0.05, 0) is 25.0 Å². The summed E-state index contributed by atoms with van der Waals surface area (Å²) in [5.74, 6) is 1.37. The lowest BCUT2D eigenvalue weighted by Crippen LogP contribution is -2.38. The van der Waals surface area contributed by atoms with Crippen LogP contribution in [0.1, 0.15) is 30.3 Å². The number of piperidine rings is 1. The number of carbonyl (C=O) groups excluding carboxylic acids is 1. The molecule has 1 atom stereocenters. The minimum absolute atomic E-state index is 0.196. The van der Waals surface area contributed by atoms with Gasteiger partial charge in [0.2, 0.25) is 5.91 Å². The second-order valence-corrected chi connectivity index (χ2v) is 5.62. The first-order chi connectivity index (χ1) is 9.60. The zero-order valence-electron chi connectivity index (χ0n) is 11.6. The number of imidazole rings is 1. The van der Waals surface area contributed by atoms with Crippen LogP contribution >= 0.6 is 11.6 Å². The average Bonchev–Trinajstić information content (AvgIpc) is 2.79. The number of hydrogen-bond acceptors (Lipinski definition) is 3. The molecule has 5 nitrogen and oxygen atoms in total. The van der Waals surface area contributed by atoms with Crippen LogP contribution in [0.15, 0.2) is 12.3 Å². The normalized spacial score (nSPS) is 19.9. The maximum atomic E-state index is 11.6. The number of nitrogens with zero attached hydrogens (tertiary/aromatic N) is 4. The van der Waals surface area contributed by atoms with Crippen LogP contribution in [0.25, 0.3) is 11.2 Å². The van der Waals surface area contributed by atoms with Crippen molar-refractivity contribution in [2.75, 3.05) is 13.6 Å². The molecule has 106 valence electrons. The van der Waals surface area contributed by atoms with Gasteiger partial charge in [0.25, 0.3) is 0 Å². The number of pyridine rings is 1. The van der Waals surface area contributed by atoms with Gasteiger partial charge in [0.1, 0.15) is 11.3 Å². The predicted molar refractivity (Wildman–Crippen MR) is 77.7 cm³/mol. The Morgan fingerprint density at radius 1 is 1.50 bits per heavy atom. The fourth-order valence-electron chi connectivity index (χ4n) is 2.81. The molecule has 3 rings (SSSR count). The van der Waals surface area contributed by atoms with E-state index in [1.165, 1.54) is 0 Å². The minimum Gasteiger partial charge on any atom is -0.344 e. The van der Waals surface area contributed by atoms with Crippen molar-refractivity contribution >= 4 is 28.7 Å². The van der Waals surface area contributed by atoms with Crippen LogP contribution in [0, 0.1) is 6.92 Å². The van der Waals surface area contributed by atoms with Crippen LogP contribution in [-0.4, -0.2) is 38.9 Å². The van der Waals surface area contributed by atoms with Crippen LogP contribution < -0.4 is 0 Å². The lowest BCUT2D eigenvalue weighted by Gasteiger charge is -2.31. The monoisotopic (exact) mass is 292 g/mol. The first-order valence-corrected chi connectivity index (χ1v) is 7.27. The van der Waals surface area contributed by atoms with Crippen molar-refractivity contribution in [2.24, 2.45) is 0 Å². The van der Waals surface area contributed by atoms with Gasteiger partial charge in [0.05, 0.1) is 11.9 Å². The third-order valence-corrected chi connectivity index (χ3v) is 4.07. The Labute approximate surface area is 122 Å². The summed E-state index contributed by atoms with van der Waals surface area (Å²) in [6.07, 6.45) is 3.22. The number of alkyl halides is 1. The molecular weight excluding hydrogens is 276 g/mol. The van der Waals surface area contributed by atoms with Gasteiger partial charge < -0.3 is 9.47 Å². The molecule has 20 heavy (non-hydrogen) atoms. The van der Waals surface area contributed by atoms with Crippen molar-refractivity contribution in [2.45, 2.75) is 31.7 Å². The van der Waals surface area contributed by atoms with Gasteiger partial charge in [-0.2, -0.15) is 0 Å². The van der Waals surface area contributed by atoms with Crippen LogP contribution in [0.4, 0.5) is 0 Å². The highest BCUT2D eigenvalue weighted by molar-refractivity contribution is 6.16. The molecule has 0 spiro atoms. The molecular formula is C14H17ClN4O. The maximum absolute atomic E-state index is 11.6. The summed E-state index contributed by atoms with van der Waals surface area (Å²) in [5.41, 5.74) is 2.82. The number of hydrogen-bond donors (Lipinski definition) is 0. The van der Waals surface area contributed by atoms with Gasteiger partial charge in [-0.25, -0.2) is 9.97 Å². The van der Waals surface area contributed by atoms with E-state index in [1.54, 1.807) is 4.90 Å². The molecule has 1 saturated heterocycles. The van der Waals surface area contributed by atoms with Gasteiger partial charge in [0.15, 0.2) is 5.65 Å². The second-order valence-electron chi connectivity index (χ2n) is 5.35. The van der Waals surface area contributed by atoms with Crippen LogP contribution in [0.5, 0.6) is 0 Å². The van der Waals surface area contributed by atoms with Crippen molar-refractivity contribution < 1.29 is 4.79 Å². The zero-order valence-corrected chi connectivity index (χ0v) is 12.4. The van der Waals surface area contributed by atoms with E-state index < -0.39 is 0 Å². The summed E-state index contributed by atoms with van der Waals surface area (Å²) in [6.45, 7) is 2.68. The van der Waals surface area contributed by atoms with Crippen LogP contribution in [0.2, 0.25) is 0 Å². The summed E-state index contributed by atoms with van der Waals surface area (Å²) in [6, 6.07) is 2.22. The summed E-state index contributed by atoms with van der Waals surface area (Å²) in [7, 11) is 1.84. The molecule has 6 heteroatoms. The average molecular weight is 293 g/mol. The van der Waals surface area contributed by atoms with Crippen molar-refractivity contribution in [1.29, 1.82) is 0 Å². The molecule has 3 heterocycles. The van der Waals surface area contributed by atoms with E-state index in [0.29, 0.717) is 18.8 Å². The van der Waals surface area contributed by atoms with Gasteiger partial charge in [0, 0.05) is 26.2 Å². The third-order valence-electron chi connectivity index (χ3n) is 3.83. The predicted octanol–water partition coefficient (Wildman–Crippen LogP) is 2.27. The van der Waals surface area contributed by atoms with Crippen LogP contribution in [0.3, 0.4) is 0 Å². The first-order valence-electron chi connectivity index (χ1n) is 6.73. The number of halogens is 1. The van der Waals surface area contributed by atoms with Crippen molar-refractivity contribution in [3.63, 3.8) is 0 Å². The van der Waals surface area contributed by atoms with E-state index in [2.05, 4.69) is 14.5 Å². The Bertz CT molecular complexity index is 666. The Morgan fingerprint density at radius 2 is 2.30 bits per heavy atom. The number of likely N-dealkylation sites (N-methyl/N-ethyl adjacent to an activating group) is 1. The smallest absolute Gasteiger partial charge is 0.222 e. The molecule has 0 N–H and O–H groups in total.